The van der Waals surface area contributed by atoms with Crippen molar-refractivity contribution in [2.24, 2.45) is 0 Å². The van der Waals surface area contributed by atoms with Gasteiger partial charge in [0, 0.05) is 13.7 Å². The van der Waals surface area contributed by atoms with Crippen molar-refractivity contribution in [3.63, 3.8) is 0 Å². The van der Waals surface area contributed by atoms with Gasteiger partial charge in [-0.25, -0.2) is 4.98 Å². The molecular weight excluding hydrogens is 242 g/mol. The number of oxazole rings is 1. The molecule has 2 heterocycles. The van der Waals surface area contributed by atoms with E-state index < -0.39 is 0 Å². The summed E-state index contributed by atoms with van der Waals surface area (Å²) in [6, 6.07) is 6.18. The average molecular weight is 261 g/mol. The zero-order valence-corrected chi connectivity index (χ0v) is 11.2. The SMILES string of the molecule is COCc1nc2cc(CC3CCCCO3)ccc2o1. The lowest BCUT2D eigenvalue weighted by molar-refractivity contribution is 0.0168. The minimum Gasteiger partial charge on any atom is -0.438 e. The quantitative estimate of drug-likeness (QED) is 0.848. The lowest BCUT2D eigenvalue weighted by Gasteiger charge is -2.22. The lowest BCUT2D eigenvalue weighted by Crippen LogP contribution is -2.21. The molecule has 0 saturated carbocycles. The molecule has 0 radical (unpaired) electrons. The summed E-state index contributed by atoms with van der Waals surface area (Å²) in [5, 5.41) is 0. The molecule has 102 valence electrons. The van der Waals surface area contributed by atoms with Gasteiger partial charge in [0.05, 0.1) is 6.10 Å². The highest BCUT2D eigenvalue weighted by molar-refractivity contribution is 5.73. The second kappa shape index (κ2) is 5.72. The van der Waals surface area contributed by atoms with Crippen LogP contribution in [0, 0.1) is 0 Å². The van der Waals surface area contributed by atoms with Gasteiger partial charge in [0.2, 0.25) is 5.89 Å². The van der Waals surface area contributed by atoms with E-state index in [1.165, 1.54) is 18.4 Å². The third-order valence-corrected chi connectivity index (χ3v) is 3.50. The Morgan fingerprint density at radius 2 is 2.32 bits per heavy atom. The van der Waals surface area contributed by atoms with Crippen LogP contribution in [0.25, 0.3) is 11.1 Å². The second-order valence-corrected chi connectivity index (χ2v) is 5.04. The van der Waals surface area contributed by atoms with Gasteiger partial charge in [-0.15, -0.1) is 0 Å². The number of ether oxygens (including phenoxy) is 2. The summed E-state index contributed by atoms with van der Waals surface area (Å²) in [6.07, 6.45) is 4.94. The third-order valence-electron chi connectivity index (χ3n) is 3.50. The Bertz CT molecular complexity index is 543. The van der Waals surface area contributed by atoms with Gasteiger partial charge in [-0.2, -0.15) is 0 Å². The van der Waals surface area contributed by atoms with Crippen molar-refractivity contribution in [2.75, 3.05) is 13.7 Å². The first kappa shape index (κ1) is 12.6. The Balaban J connectivity index is 1.76. The molecule has 0 bridgehead atoms. The highest BCUT2D eigenvalue weighted by atomic mass is 16.5. The van der Waals surface area contributed by atoms with Crippen LogP contribution in [0.4, 0.5) is 0 Å². The van der Waals surface area contributed by atoms with Crippen molar-refractivity contribution < 1.29 is 13.9 Å². The van der Waals surface area contributed by atoms with Gasteiger partial charge in [-0.1, -0.05) is 6.07 Å². The minimum atomic E-state index is 0.358. The van der Waals surface area contributed by atoms with Crippen molar-refractivity contribution in [1.82, 2.24) is 4.98 Å². The predicted octanol–water partition coefficient (Wildman–Crippen LogP) is 3.09. The van der Waals surface area contributed by atoms with Crippen LogP contribution >= 0.6 is 0 Å². The lowest BCUT2D eigenvalue weighted by atomic mass is 10.0. The van der Waals surface area contributed by atoms with Gasteiger partial charge < -0.3 is 13.9 Å². The molecule has 1 aliphatic rings. The van der Waals surface area contributed by atoms with Crippen LogP contribution < -0.4 is 0 Å². The normalized spacial score (nSPS) is 19.9. The maximum absolute atomic E-state index is 5.77. The van der Waals surface area contributed by atoms with Crippen molar-refractivity contribution in [3.05, 3.63) is 29.7 Å². The number of fused-ring (bicyclic) bond motifs is 1. The summed E-state index contributed by atoms with van der Waals surface area (Å²) in [6.45, 7) is 1.31. The standard InChI is InChI=1S/C15H19NO3/c1-17-10-15-16-13-9-11(5-6-14(13)19-15)8-12-4-2-3-7-18-12/h5-6,9,12H,2-4,7-8,10H2,1H3. The van der Waals surface area contributed by atoms with Crippen molar-refractivity contribution >= 4 is 11.1 Å². The molecule has 19 heavy (non-hydrogen) atoms. The molecule has 4 heteroatoms. The highest BCUT2D eigenvalue weighted by Crippen LogP contribution is 2.21. The molecule has 0 spiro atoms. The number of benzene rings is 1. The number of methoxy groups -OCH3 is 1. The molecule has 1 aromatic carbocycles. The summed E-state index contributed by atoms with van der Waals surface area (Å²) in [7, 11) is 1.64. The molecule has 2 aromatic rings. The maximum atomic E-state index is 5.77. The van der Waals surface area contributed by atoms with E-state index in [4.69, 9.17) is 13.9 Å². The van der Waals surface area contributed by atoms with Crippen LogP contribution in [0.2, 0.25) is 0 Å². The summed E-state index contributed by atoms with van der Waals surface area (Å²) in [5.41, 5.74) is 2.98. The Morgan fingerprint density at radius 3 is 3.11 bits per heavy atom. The number of aromatic nitrogens is 1. The van der Waals surface area contributed by atoms with E-state index in [9.17, 15) is 0 Å². The molecular formula is C15H19NO3. The molecule has 1 unspecified atom stereocenters. The molecule has 0 N–H and O–H groups in total. The molecule has 1 saturated heterocycles. The van der Waals surface area contributed by atoms with E-state index in [-0.39, 0.29) is 0 Å². The van der Waals surface area contributed by atoms with E-state index in [0.29, 0.717) is 18.6 Å². The summed E-state index contributed by atoms with van der Waals surface area (Å²) in [5.74, 6) is 0.628. The first-order valence-corrected chi connectivity index (χ1v) is 6.84. The zero-order chi connectivity index (χ0) is 13.1. The summed E-state index contributed by atoms with van der Waals surface area (Å²) >= 11 is 0. The van der Waals surface area contributed by atoms with Gasteiger partial charge in [-0.05, 0) is 43.4 Å². The van der Waals surface area contributed by atoms with Gasteiger partial charge in [0.15, 0.2) is 5.58 Å². The largest absolute Gasteiger partial charge is 0.438 e. The first-order chi connectivity index (χ1) is 9.35. The van der Waals surface area contributed by atoms with Gasteiger partial charge >= 0.3 is 0 Å². The minimum absolute atomic E-state index is 0.358. The van der Waals surface area contributed by atoms with Crippen LogP contribution in [0.5, 0.6) is 0 Å². The fourth-order valence-corrected chi connectivity index (χ4v) is 2.56. The van der Waals surface area contributed by atoms with E-state index in [1.807, 2.05) is 6.07 Å². The molecule has 1 fully saturated rings. The monoisotopic (exact) mass is 261 g/mol. The molecule has 3 rings (SSSR count). The Morgan fingerprint density at radius 1 is 1.37 bits per heavy atom. The topological polar surface area (TPSA) is 44.5 Å². The second-order valence-electron chi connectivity index (χ2n) is 5.04. The number of rotatable bonds is 4. The average Bonchev–Trinajstić information content (AvgIpc) is 2.82. The van der Waals surface area contributed by atoms with E-state index in [2.05, 4.69) is 17.1 Å². The Labute approximate surface area is 112 Å². The molecule has 0 aliphatic carbocycles. The van der Waals surface area contributed by atoms with Crippen molar-refractivity contribution in [1.29, 1.82) is 0 Å². The van der Waals surface area contributed by atoms with Crippen molar-refractivity contribution in [2.45, 2.75) is 38.4 Å². The summed E-state index contributed by atoms with van der Waals surface area (Å²) in [4.78, 5) is 4.42. The van der Waals surface area contributed by atoms with Gasteiger partial charge in [0.1, 0.15) is 12.1 Å². The van der Waals surface area contributed by atoms with Crippen LogP contribution in [0.1, 0.15) is 30.7 Å². The van der Waals surface area contributed by atoms with Gasteiger partial charge in [-0.3, -0.25) is 0 Å². The third kappa shape index (κ3) is 2.96. The Kier molecular flexibility index (Phi) is 3.80. The molecule has 1 aromatic heterocycles. The van der Waals surface area contributed by atoms with Crippen LogP contribution in [0.15, 0.2) is 22.6 Å². The Hall–Kier alpha value is -1.39. The van der Waals surface area contributed by atoms with E-state index in [1.54, 1.807) is 7.11 Å². The highest BCUT2D eigenvalue weighted by Gasteiger charge is 2.15. The van der Waals surface area contributed by atoms with Gasteiger partial charge in [0.25, 0.3) is 0 Å². The number of nitrogens with zero attached hydrogens (tertiary/aromatic N) is 1. The molecule has 1 aliphatic heterocycles. The number of hydrogen-bond donors (Lipinski definition) is 0. The predicted molar refractivity (Wildman–Crippen MR) is 72.0 cm³/mol. The molecule has 1 atom stereocenters. The zero-order valence-electron chi connectivity index (χ0n) is 11.2. The fraction of sp³-hybridized carbons (Fsp3) is 0.533. The first-order valence-electron chi connectivity index (χ1n) is 6.84. The van der Waals surface area contributed by atoms with E-state index >= 15 is 0 Å². The molecule has 0 amide bonds. The van der Waals surface area contributed by atoms with E-state index in [0.717, 1.165) is 30.5 Å². The van der Waals surface area contributed by atoms with Crippen LogP contribution in [0.3, 0.4) is 0 Å². The van der Waals surface area contributed by atoms with Crippen LogP contribution in [-0.4, -0.2) is 24.8 Å². The molecule has 4 nitrogen and oxygen atoms in total. The van der Waals surface area contributed by atoms with Crippen LogP contribution in [-0.2, 0) is 22.5 Å². The summed E-state index contributed by atoms with van der Waals surface area (Å²) < 4.78 is 16.4. The maximum Gasteiger partial charge on any atom is 0.221 e. The van der Waals surface area contributed by atoms with Crippen molar-refractivity contribution in [3.8, 4) is 0 Å². The number of hydrogen-bond acceptors (Lipinski definition) is 4. The fourth-order valence-electron chi connectivity index (χ4n) is 2.56. The smallest absolute Gasteiger partial charge is 0.221 e.